The van der Waals surface area contributed by atoms with Gasteiger partial charge in [0.15, 0.2) is 22.9 Å². The van der Waals surface area contributed by atoms with Crippen LogP contribution in [-0.4, -0.2) is 18.0 Å². The van der Waals surface area contributed by atoms with E-state index in [0.717, 1.165) is 0 Å². The quantitative estimate of drug-likeness (QED) is 0.389. The fourth-order valence-electron chi connectivity index (χ4n) is 1.15. The second-order valence-corrected chi connectivity index (χ2v) is 3.67. The summed E-state index contributed by atoms with van der Waals surface area (Å²) in [6.45, 7) is 2.12. The van der Waals surface area contributed by atoms with Crippen LogP contribution in [-0.2, 0) is 0 Å². The molecule has 90 valence electrons. The summed E-state index contributed by atoms with van der Waals surface area (Å²) in [5.41, 5.74) is 0.360. The molecule has 1 N–H and O–H groups in total. The number of benzene rings is 1. The maximum absolute atomic E-state index is 13.5. The standard InChI is InChI=1S/C11H12FN3OS/c1-3-16-10-8(12)5-4-6-9(10)15-11(17-2)14-7-13/h4-6H,3H2,1-2H3,(H,14,15). The van der Waals surface area contributed by atoms with Gasteiger partial charge in [-0.15, -0.1) is 0 Å². The zero-order valence-electron chi connectivity index (χ0n) is 9.53. The zero-order chi connectivity index (χ0) is 12.7. The van der Waals surface area contributed by atoms with Crippen LogP contribution in [0.3, 0.4) is 0 Å². The van der Waals surface area contributed by atoms with Crippen molar-refractivity contribution < 1.29 is 9.13 Å². The number of thioether (sulfide) groups is 1. The van der Waals surface area contributed by atoms with Crippen molar-refractivity contribution in [3.63, 3.8) is 0 Å². The lowest BCUT2D eigenvalue weighted by molar-refractivity contribution is 0.323. The third-order valence-electron chi connectivity index (χ3n) is 1.81. The molecule has 17 heavy (non-hydrogen) atoms. The molecule has 0 radical (unpaired) electrons. The summed E-state index contributed by atoms with van der Waals surface area (Å²) >= 11 is 1.26. The number of nitrogens with zero attached hydrogens (tertiary/aromatic N) is 2. The Labute approximate surface area is 103 Å². The van der Waals surface area contributed by atoms with Crippen molar-refractivity contribution in [1.29, 1.82) is 5.26 Å². The van der Waals surface area contributed by atoms with Crippen LogP contribution in [0.5, 0.6) is 5.75 Å². The van der Waals surface area contributed by atoms with E-state index >= 15 is 0 Å². The molecule has 0 saturated heterocycles. The van der Waals surface area contributed by atoms with E-state index in [1.54, 1.807) is 31.5 Å². The number of nitrogens with one attached hydrogen (secondary N) is 1. The molecule has 0 unspecified atom stereocenters. The van der Waals surface area contributed by atoms with Gasteiger partial charge in [0.25, 0.3) is 0 Å². The fourth-order valence-corrected chi connectivity index (χ4v) is 1.49. The SMILES string of the molecule is CCOc1c(F)cccc1N=C(NC#N)SC. The number of halogens is 1. The summed E-state index contributed by atoms with van der Waals surface area (Å²) in [6.07, 6.45) is 3.54. The van der Waals surface area contributed by atoms with Gasteiger partial charge >= 0.3 is 0 Å². The van der Waals surface area contributed by atoms with Crippen LogP contribution < -0.4 is 10.1 Å². The molecule has 0 aliphatic heterocycles. The predicted octanol–water partition coefficient (Wildman–Crippen LogP) is 2.65. The van der Waals surface area contributed by atoms with Crippen LogP contribution in [0.1, 0.15) is 6.92 Å². The van der Waals surface area contributed by atoms with Crippen molar-refractivity contribution in [3.8, 4) is 11.9 Å². The minimum Gasteiger partial charge on any atom is -0.489 e. The molecular formula is C11H12FN3OS. The Morgan fingerprint density at radius 2 is 2.41 bits per heavy atom. The minimum atomic E-state index is -0.467. The van der Waals surface area contributed by atoms with Crippen LogP contribution in [0.2, 0.25) is 0 Å². The van der Waals surface area contributed by atoms with Crippen molar-refractivity contribution in [2.24, 2.45) is 4.99 Å². The van der Waals surface area contributed by atoms with Crippen molar-refractivity contribution in [2.75, 3.05) is 12.9 Å². The predicted molar refractivity (Wildman–Crippen MR) is 66.9 cm³/mol. The van der Waals surface area contributed by atoms with Crippen LogP contribution in [0.4, 0.5) is 10.1 Å². The van der Waals surface area contributed by atoms with Crippen molar-refractivity contribution in [3.05, 3.63) is 24.0 Å². The topological polar surface area (TPSA) is 57.4 Å². The van der Waals surface area contributed by atoms with Crippen molar-refractivity contribution >= 4 is 22.6 Å². The van der Waals surface area contributed by atoms with Crippen LogP contribution in [0, 0.1) is 17.3 Å². The van der Waals surface area contributed by atoms with E-state index in [1.807, 2.05) is 0 Å². The average Bonchev–Trinajstić information content (AvgIpc) is 2.33. The molecular weight excluding hydrogens is 241 g/mol. The molecule has 1 aromatic rings. The van der Waals surface area contributed by atoms with Gasteiger partial charge in [0, 0.05) is 0 Å². The lowest BCUT2D eigenvalue weighted by Crippen LogP contribution is -2.12. The fraction of sp³-hybridized carbons (Fsp3) is 0.273. The van der Waals surface area contributed by atoms with E-state index in [1.165, 1.54) is 17.8 Å². The molecule has 0 bridgehead atoms. The molecule has 1 aromatic carbocycles. The summed E-state index contributed by atoms with van der Waals surface area (Å²) < 4.78 is 18.7. The molecule has 0 amide bonds. The number of ether oxygens (including phenoxy) is 1. The second-order valence-electron chi connectivity index (χ2n) is 2.88. The Balaban J connectivity index is 3.12. The largest absolute Gasteiger partial charge is 0.489 e. The van der Waals surface area contributed by atoms with Crippen LogP contribution >= 0.6 is 11.8 Å². The summed E-state index contributed by atoms with van der Waals surface area (Å²) in [5.74, 6) is -0.369. The summed E-state index contributed by atoms with van der Waals surface area (Å²) in [4.78, 5) is 4.13. The second kappa shape index (κ2) is 6.76. The number of hydrogen-bond acceptors (Lipinski definition) is 4. The smallest absolute Gasteiger partial charge is 0.183 e. The van der Waals surface area contributed by atoms with Gasteiger partial charge < -0.3 is 4.74 Å². The highest BCUT2D eigenvalue weighted by Gasteiger charge is 2.09. The molecule has 0 aliphatic carbocycles. The van der Waals surface area contributed by atoms with Gasteiger partial charge in [-0.2, -0.15) is 5.26 Å². The van der Waals surface area contributed by atoms with Gasteiger partial charge in [0.1, 0.15) is 5.69 Å². The zero-order valence-corrected chi connectivity index (χ0v) is 10.3. The van der Waals surface area contributed by atoms with E-state index < -0.39 is 5.82 Å². The van der Waals surface area contributed by atoms with Gasteiger partial charge in [-0.05, 0) is 25.3 Å². The minimum absolute atomic E-state index is 0.0984. The van der Waals surface area contributed by atoms with Gasteiger partial charge in [-0.1, -0.05) is 17.8 Å². The maximum atomic E-state index is 13.5. The third kappa shape index (κ3) is 3.64. The number of para-hydroxylation sites is 1. The number of aliphatic imine (C=N–C) groups is 1. The van der Waals surface area contributed by atoms with Gasteiger partial charge in [0.05, 0.1) is 6.61 Å². The monoisotopic (exact) mass is 253 g/mol. The first-order valence-electron chi connectivity index (χ1n) is 4.92. The molecule has 0 heterocycles. The van der Waals surface area contributed by atoms with Gasteiger partial charge in [-0.25, -0.2) is 9.38 Å². The maximum Gasteiger partial charge on any atom is 0.183 e. The molecule has 4 nitrogen and oxygen atoms in total. The van der Waals surface area contributed by atoms with Crippen molar-refractivity contribution in [2.45, 2.75) is 6.92 Å². The summed E-state index contributed by atoms with van der Waals surface area (Å²) in [5, 5.41) is 11.3. The first-order valence-corrected chi connectivity index (χ1v) is 6.14. The van der Waals surface area contributed by atoms with E-state index in [9.17, 15) is 4.39 Å². The average molecular weight is 253 g/mol. The molecule has 1 rings (SSSR count). The highest BCUT2D eigenvalue weighted by atomic mass is 32.2. The Kier molecular flexibility index (Phi) is 5.30. The first-order chi connectivity index (χ1) is 8.22. The lowest BCUT2D eigenvalue weighted by Gasteiger charge is -2.08. The van der Waals surface area contributed by atoms with Gasteiger partial charge in [-0.3, -0.25) is 5.32 Å². The van der Waals surface area contributed by atoms with E-state index in [-0.39, 0.29) is 5.75 Å². The molecule has 0 atom stereocenters. The normalized spacial score (nSPS) is 10.8. The van der Waals surface area contributed by atoms with E-state index in [0.29, 0.717) is 17.5 Å². The molecule has 0 aliphatic rings. The Morgan fingerprint density at radius 1 is 1.65 bits per heavy atom. The Bertz CT molecular complexity index is 457. The van der Waals surface area contributed by atoms with E-state index in [2.05, 4.69) is 10.3 Å². The molecule has 0 saturated carbocycles. The molecule has 6 heteroatoms. The highest BCUT2D eigenvalue weighted by molar-refractivity contribution is 8.13. The Morgan fingerprint density at radius 3 is 3.00 bits per heavy atom. The number of hydrogen-bond donors (Lipinski definition) is 1. The van der Waals surface area contributed by atoms with Gasteiger partial charge in [0.2, 0.25) is 0 Å². The van der Waals surface area contributed by atoms with Crippen LogP contribution in [0.15, 0.2) is 23.2 Å². The lowest BCUT2D eigenvalue weighted by atomic mass is 10.3. The molecule has 0 spiro atoms. The number of amidine groups is 1. The third-order valence-corrected chi connectivity index (χ3v) is 2.39. The van der Waals surface area contributed by atoms with E-state index in [4.69, 9.17) is 10.00 Å². The number of nitriles is 1. The number of rotatable bonds is 3. The molecule has 0 fully saturated rings. The van der Waals surface area contributed by atoms with Crippen LogP contribution in [0.25, 0.3) is 0 Å². The van der Waals surface area contributed by atoms with Crippen molar-refractivity contribution in [1.82, 2.24) is 5.32 Å². The summed E-state index contributed by atoms with van der Waals surface area (Å²) in [6, 6.07) is 4.48. The molecule has 0 aromatic heterocycles. The highest BCUT2D eigenvalue weighted by Crippen LogP contribution is 2.30. The first kappa shape index (κ1) is 13.3. The Hall–Kier alpha value is -1.74. The summed E-state index contributed by atoms with van der Waals surface area (Å²) in [7, 11) is 0.